The quantitative estimate of drug-likeness (QED) is 0.241. The summed E-state index contributed by atoms with van der Waals surface area (Å²) in [6.07, 6.45) is 0. The second-order valence-electron chi connectivity index (χ2n) is 9.38. The molecule has 0 unspecified atom stereocenters. The lowest BCUT2D eigenvalue weighted by Gasteiger charge is -2.15. The zero-order chi connectivity index (χ0) is 24.6. The minimum atomic E-state index is 1.17. The highest BCUT2D eigenvalue weighted by atomic mass is 15.0. The van der Waals surface area contributed by atoms with E-state index < -0.39 is 0 Å². The van der Waals surface area contributed by atoms with E-state index in [4.69, 9.17) is 0 Å². The Morgan fingerprint density at radius 2 is 0.919 bits per heavy atom. The van der Waals surface area contributed by atoms with E-state index in [1.807, 2.05) is 0 Å². The lowest BCUT2D eigenvalue weighted by molar-refractivity contribution is 1.18. The van der Waals surface area contributed by atoms with Gasteiger partial charge in [0, 0.05) is 22.0 Å². The number of aromatic nitrogens is 1. The summed E-state index contributed by atoms with van der Waals surface area (Å²) in [6, 6.07) is 54.4. The topological polar surface area (TPSA) is 4.93 Å². The average Bonchev–Trinajstić information content (AvgIpc) is 3.33. The minimum Gasteiger partial charge on any atom is -0.309 e. The van der Waals surface area contributed by atoms with Crippen LogP contribution in [0.15, 0.2) is 152 Å². The molecule has 0 amide bonds. The summed E-state index contributed by atoms with van der Waals surface area (Å²) in [6.45, 7) is 0. The fourth-order valence-electron chi connectivity index (χ4n) is 5.55. The van der Waals surface area contributed by atoms with Gasteiger partial charge in [-0.25, -0.2) is 0 Å². The second kappa shape index (κ2) is 8.96. The SMILES string of the molecule is c1ccc(-c2cccc(-c3ccccc3-c3cccc4c5ccccc5n(-c5ccccc5)c34)c2)cc1. The number of benzene rings is 6. The molecule has 7 rings (SSSR count). The molecular weight excluding hydrogens is 446 g/mol. The van der Waals surface area contributed by atoms with Crippen LogP contribution in [0, 0.1) is 0 Å². The molecule has 1 aromatic heterocycles. The molecule has 174 valence electrons. The van der Waals surface area contributed by atoms with Crippen LogP contribution in [0.25, 0.3) is 60.9 Å². The van der Waals surface area contributed by atoms with Crippen LogP contribution in [0.1, 0.15) is 0 Å². The van der Waals surface area contributed by atoms with Crippen molar-refractivity contribution in [3.63, 3.8) is 0 Å². The van der Waals surface area contributed by atoms with E-state index in [2.05, 4.69) is 156 Å². The minimum absolute atomic E-state index is 1.17. The Hall–Kier alpha value is -4.88. The molecule has 1 nitrogen and oxygen atoms in total. The first-order valence-electron chi connectivity index (χ1n) is 12.7. The summed E-state index contributed by atoms with van der Waals surface area (Å²) in [5.74, 6) is 0. The van der Waals surface area contributed by atoms with Gasteiger partial charge >= 0.3 is 0 Å². The molecule has 0 N–H and O–H groups in total. The van der Waals surface area contributed by atoms with Crippen LogP contribution in [0.4, 0.5) is 0 Å². The van der Waals surface area contributed by atoms with Gasteiger partial charge in [0.05, 0.1) is 11.0 Å². The third-order valence-electron chi connectivity index (χ3n) is 7.21. The molecule has 6 aromatic carbocycles. The van der Waals surface area contributed by atoms with Gasteiger partial charge in [-0.1, -0.05) is 127 Å². The van der Waals surface area contributed by atoms with Crippen molar-refractivity contribution < 1.29 is 0 Å². The molecule has 0 aliphatic rings. The number of hydrogen-bond acceptors (Lipinski definition) is 0. The molecular formula is C36H25N. The first-order valence-corrected chi connectivity index (χ1v) is 12.7. The molecule has 7 aromatic rings. The van der Waals surface area contributed by atoms with Crippen LogP contribution in [0.5, 0.6) is 0 Å². The fourth-order valence-corrected chi connectivity index (χ4v) is 5.55. The molecule has 0 fully saturated rings. The molecule has 1 heterocycles. The molecule has 0 aliphatic carbocycles. The van der Waals surface area contributed by atoms with Gasteiger partial charge in [-0.05, 0) is 52.1 Å². The van der Waals surface area contributed by atoms with Gasteiger partial charge in [0.25, 0.3) is 0 Å². The Balaban J connectivity index is 1.51. The normalized spacial score (nSPS) is 11.2. The Kier molecular flexibility index (Phi) is 5.19. The molecule has 0 saturated heterocycles. The molecule has 0 aliphatic heterocycles. The van der Waals surface area contributed by atoms with Crippen LogP contribution in [-0.2, 0) is 0 Å². The lowest BCUT2D eigenvalue weighted by Crippen LogP contribution is -1.96. The Bertz CT molecular complexity index is 1860. The highest BCUT2D eigenvalue weighted by Crippen LogP contribution is 2.41. The molecule has 1 heteroatoms. The number of nitrogens with zero attached hydrogens (tertiary/aromatic N) is 1. The van der Waals surface area contributed by atoms with E-state index in [1.54, 1.807) is 0 Å². The predicted octanol–water partition coefficient (Wildman–Crippen LogP) is 9.78. The molecule has 0 radical (unpaired) electrons. The Morgan fingerprint density at radius 3 is 1.76 bits per heavy atom. The van der Waals surface area contributed by atoms with Crippen LogP contribution < -0.4 is 0 Å². The maximum atomic E-state index is 2.41. The van der Waals surface area contributed by atoms with Gasteiger partial charge in [0.15, 0.2) is 0 Å². The third-order valence-corrected chi connectivity index (χ3v) is 7.21. The van der Waals surface area contributed by atoms with Crippen molar-refractivity contribution in [3.8, 4) is 39.1 Å². The van der Waals surface area contributed by atoms with Crippen LogP contribution in [-0.4, -0.2) is 4.57 Å². The fraction of sp³-hybridized carbons (Fsp3) is 0. The maximum Gasteiger partial charge on any atom is 0.0619 e. The van der Waals surface area contributed by atoms with Crippen LogP contribution in [0.3, 0.4) is 0 Å². The standard InChI is InChI=1S/C36H25N/c1-3-13-26(14-4-1)27-15-11-16-28(25-27)30-19-7-8-20-31(30)33-22-12-23-34-32-21-9-10-24-35(32)37(36(33)34)29-17-5-2-6-18-29/h1-25H. The van der Waals surface area contributed by atoms with Gasteiger partial charge in [-0.15, -0.1) is 0 Å². The van der Waals surface area contributed by atoms with E-state index >= 15 is 0 Å². The van der Waals surface area contributed by atoms with E-state index in [0.29, 0.717) is 0 Å². The van der Waals surface area contributed by atoms with Crippen molar-refractivity contribution in [2.75, 3.05) is 0 Å². The highest BCUT2D eigenvalue weighted by molar-refractivity contribution is 6.14. The lowest BCUT2D eigenvalue weighted by atomic mass is 9.91. The monoisotopic (exact) mass is 471 g/mol. The van der Waals surface area contributed by atoms with Crippen LogP contribution >= 0.6 is 0 Å². The second-order valence-corrected chi connectivity index (χ2v) is 9.38. The Labute approximate surface area is 216 Å². The molecule has 0 saturated carbocycles. The third kappa shape index (κ3) is 3.64. The molecule has 0 atom stereocenters. The summed E-state index contributed by atoms with van der Waals surface area (Å²) in [5.41, 5.74) is 11.0. The summed E-state index contributed by atoms with van der Waals surface area (Å²) in [4.78, 5) is 0. The molecule has 0 spiro atoms. The summed E-state index contributed by atoms with van der Waals surface area (Å²) >= 11 is 0. The van der Waals surface area contributed by atoms with E-state index in [9.17, 15) is 0 Å². The summed E-state index contributed by atoms with van der Waals surface area (Å²) < 4.78 is 2.41. The number of para-hydroxylation sites is 3. The van der Waals surface area contributed by atoms with Crippen molar-refractivity contribution >= 4 is 21.8 Å². The largest absolute Gasteiger partial charge is 0.309 e. The number of fused-ring (bicyclic) bond motifs is 3. The van der Waals surface area contributed by atoms with Gasteiger partial charge in [-0.2, -0.15) is 0 Å². The van der Waals surface area contributed by atoms with Crippen LogP contribution in [0.2, 0.25) is 0 Å². The van der Waals surface area contributed by atoms with Gasteiger partial charge in [0.1, 0.15) is 0 Å². The van der Waals surface area contributed by atoms with Gasteiger partial charge in [-0.3, -0.25) is 0 Å². The zero-order valence-electron chi connectivity index (χ0n) is 20.4. The first kappa shape index (κ1) is 21.4. The average molecular weight is 472 g/mol. The summed E-state index contributed by atoms with van der Waals surface area (Å²) in [7, 11) is 0. The van der Waals surface area contributed by atoms with E-state index in [-0.39, 0.29) is 0 Å². The highest BCUT2D eigenvalue weighted by Gasteiger charge is 2.18. The van der Waals surface area contributed by atoms with Crippen molar-refractivity contribution in [1.29, 1.82) is 0 Å². The smallest absolute Gasteiger partial charge is 0.0619 e. The van der Waals surface area contributed by atoms with Gasteiger partial charge < -0.3 is 4.57 Å². The number of rotatable bonds is 4. The summed E-state index contributed by atoms with van der Waals surface area (Å²) in [5, 5.41) is 2.54. The van der Waals surface area contributed by atoms with Gasteiger partial charge in [0.2, 0.25) is 0 Å². The molecule has 37 heavy (non-hydrogen) atoms. The van der Waals surface area contributed by atoms with E-state index in [1.165, 1.54) is 60.9 Å². The Morgan fingerprint density at radius 1 is 0.351 bits per heavy atom. The van der Waals surface area contributed by atoms with Crippen molar-refractivity contribution in [2.24, 2.45) is 0 Å². The van der Waals surface area contributed by atoms with Crippen molar-refractivity contribution in [2.45, 2.75) is 0 Å². The van der Waals surface area contributed by atoms with Crippen molar-refractivity contribution in [3.05, 3.63) is 152 Å². The first-order chi connectivity index (χ1) is 18.4. The molecule has 0 bridgehead atoms. The predicted molar refractivity (Wildman–Crippen MR) is 157 cm³/mol. The number of hydrogen-bond donors (Lipinski definition) is 0. The maximum absolute atomic E-state index is 2.41. The van der Waals surface area contributed by atoms with Crippen molar-refractivity contribution in [1.82, 2.24) is 4.57 Å². The zero-order valence-corrected chi connectivity index (χ0v) is 20.4. The van der Waals surface area contributed by atoms with E-state index in [0.717, 1.165) is 0 Å².